The third-order valence-electron chi connectivity index (χ3n) is 0.243. The van der Waals surface area contributed by atoms with Gasteiger partial charge in [0, 0.05) is 0 Å². The van der Waals surface area contributed by atoms with Crippen LogP contribution in [-0.4, -0.2) is 17.3 Å². The Hall–Kier alpha value is 0.360. The van der Waals surface area contributed by atoms with Crippen LogP contribution in [0, 0.1) is 0 Å². The molecule has 0 rings (SSSR count). The van der Waals surface area contributed by atoms with Crippen molar-refractivity contribution in [3.63, 3.8) is 0 Å². The summed E-state index contributed by atoms with van der Waals surface area (Å²) in [6.45, 7) is 0. The predicted octanol–water partition coefficient (Wildman–Crippen LogP) is 3.44. The van der Waals surface area contributed by atoms with Gasteiger partial charge in [0.15, 0.2) is 0 Å². The van der Waals surface area contributed by atoms with E-state index in [0.717, 1.165) is 0 Å². The summed E-state index contributed by atoms with van der Waals surface area (Å²) in [5.74, 6) is -2.76. The summed E-state index contributed by atoms with van der Waals surface area (Å²) in [4.78, 5) is 8.90. The number of halogens is 6. The van der Waals surface area contributed by atoms with Crippen LogP contribution in [-0.2, 0) is 9.36 Å². The van der Waals surface area contributed by atoms with Crippen molar-refractivity contribution in [1.82, 2.24) is 0 Å². The zero-order valence-corrected chi connectivity index (χ0v) is 8.14. The number of hydrogen-bond donors (Lipinski definition) is 1. The second-order valence-electron chi connectivity index (χ2n) is 1.20. The summed E-state index contributed by atoms with van der Waals surface area (Å²) in [6, 6.07) is 0. The van der Waals surface area contributed by atoms with Gasteiger partial charge in [0.2, 0.25) is 0 Å². The van der Waals surface area contributed by atoms with Crippen molar-refractivity contribution in [2.75, 3.05) is 0 Å². The fraction of sp³-hybridized carbons (Fsp3) is 0.500. The van der Waals surface area contributed by atoms with Gasteiger partial charge in [-0.15, -0.1) is 0 Å². The summed E-state index contributed by atoms with van der Waals surface area (Å²) in [6.07, 6.45) is -5.08. The third kappa shape index (κ3) is 22.4. The first-order valence-corrected chi connectivity index (χ1v) is 6.36. The van der Waals surface area contributed by atoms with E-state index in [-0.39, 0.29) is 0 Å². The van der Waals surface area contributed by atoms with E-state index in [1.165, 1.54) is 0 Å². The average molecular weight is 267 g/mol. The normalized spacial score (nSPS) is 11.5. The molecule has 0 amide bonds. The van der Waals surface area contributed by atoms with E-state index in [2.05, 4.69) is 33.7 Å². The van der Waals surface area contributed by atoms with E-state index in [4.69, 9.17) is 9.90 Å². The topological polar surface area (TPSA) is 54.4 Å². The molecule has 0 aliphatic heterocycles. The van der Waals surface area contributed by atoms with Crippen LogP contribution < -0.4 is 0 Å². The summed E-state index contributed by atoms with van der Waals surface area (Å²) < 4.78 is 41.2. The highest BCUT2D eigenvalue weighted by Crippen LogP contribution is 2.61. The molecule has 0 heterocycles. The molecule has 0 saturated carbocycles. The van der Waals surface area contributed by atoms with Gasteiger partial charge in [0.25, 0.3) is 0 Å². The zero-order chi connectivity index (χ0) is 10.6. The molecule has 0 aliphatic carbocycles. The van der Waals surface area contributed by atoms with Crippen molar-refractivity contribution >= 4 is 44.9 Å². The maximum atomic E-state index is 10.6. The Bertz CT molecular complexity index is 189. The van der Waals surface area contributed by atoms with Crippen molar-refractivity contribution in [2.45, 2.75) is 6.18 Å². The van der Waals surface area contributed by atoms with Crippen molar-refractivity contribution in [2.24, 2.45) is 0 Å². The molecular formula is C2HCl3F3O3P. The van der Waals surface area contributed by atoms with Crippen LogP contribution in [0.25, 0.3) is 0 Å². The molecule has 0 aromatic heterocycles. The van der Waals surface area contributed by atoms with Gasteiger partial charge in [-0.1, -0.05) is 0 Å². The lowest BCUT2D eigenvalue weighted by Gasteiger charge is -1.93. The van der Waals surface area contributed by atoms with E-state index in [9.17, 15) is 17.7 Å². The van der Waals surface area contributed by atoms with E-state index in [1.54, 1.807) is 0 Å². The Kier molecular flexibility index (Phi) is 6.40. The zero-order valence-electron chi connectivity index (χ0n) is 4.98. The maximum absolute atomic E-state index is 10.6. The minimum Gasteiger partial charge on any atom is -0.475 e. The summed E-state index contributed by atoms with van der Waals surface area (Å²) in [5, 5.41) is 3.90. The second kappa shape index (κ2) is 5.17. The summed E-state index contributed by atoms with van der Waals surface area (Å²) in [7, 11) is 0. The summed E-state index contributed by atoms with van der Waals surface area (Å²) in [5.41, 5.74) is 0. The predicted molar refractivity (Wildman–Crippen MR) is 38.9 cm³/mol. The fourth-order valence-corrected chi connectivity index (χ4v) is 0. The minimum absolute atomic E-state index is 2.76. The molecule has 0 bridgehead atoms. The number of carboxylic acids is 1. The Morgan fingerprint density at radius 3 is 1.33 bits per heavy atom. The number of rotatable bonds is 0. The van der Waals surface area contributed by atoms with Crippen LogP contribution in [0.5, 0.6) is 0 Å². The highest BCUT2D eigenvalue weighted by Gasteiger charge is 2.38. The highest BCUT2D eigenvalue weighted by molar-refractivity contribution is 8.24. The first-order valence-electron chi connectivity index (χ1n) is 1.93. The van der Waals surface area contributed by atoms with Gasteiger partial charge in [-0.05, 0) is 33.7 Å². The maximum Gasteiger partial charge on any atom is 0.490 e. The quantitative estimate of drug-likeness (QED) is 0.684. The largest absolute Gasteiger partial charge is 0.490 e. The van der Waals surface area contributed by atoms with Gasteiger partial charge < -0.3 is 5.11 Å². The van der Waals surface area contributed by atoms with Crippen LogP contribution >= 0.6 is 38.9 Å². The first kappa shape index (κ1) is 14.9. The van der Waals surface area contributed by atoms with E-state index < -0.39 is 17.3 Å². The van der Waals surface area contributed by atoms with Crippen LogP contribution in [0.1, 0.15) is 0 Å². The van der Waals surface area contributed by atoms with Crippen molar-refractivity contribution < 1.29 is 27.6 Å². The molecule has 0 fully saturated rings. The molecule has 0 unspecified atom stereocenters. The van der Waals surface area contributed by atoms with Gasteiger partial charge in [0.05, 0.1) is 0 Å². The van der Waals surface area contributed by atoms with Crippen LogP contribution in [0.4, 0.5) is 13.2 Å². The molecule has 0 radical (unpaired) electrons. The molecule has 0 spiro atoms. The molecule has 12 heavy (non-hydrogen) atoms. The molecule has 74 valence electrons. The van der Waals surface area contributed by atoms with Gasteiger partial charge in [-0.3, -0.25) is 4.57 Å². The number of alkyl halides is 3. The van der Waals surface area contributed by atoms with Gasteiger partial charge in [-0.25, -0.2) is 4.79 Å². The molecular weight excluding hydrogens is 266 g/mol. The van der Waals surface area contributed by atoms with Crippen molar-refractivity contribution in [3.8, 4) is 0 Å². The number of carbonyl (C=O) groups is 1. The van der Waals surface area contributed by atoms with Crippen LogP contribution in [0.3, 0.4) is 0 Å². The first-order chi connectivity index (χ1) is 4.94. The monoisotopic (exact) mass is 266 g/mol. The van der Waals surface area contributed by atoms with E-state index >= 15 is 0 Å². The molecule has 3 nitrogen and oxygen atoms in total. The Labute approximate surface area is 79.1 Å². The second-order valence-corrected chi connectivity index (χ2v) is 7.84. The standard InChI is InChI=1S/C2HF3O2.Cl3OP/c3-2(4,5)1(6)7;1-5(2,3)4/h(H,6,7);. The van der Waals surface area contributed by atoms with Gasteiger partial charge in [0.1, 0.15) is 0 Å². The lowest BCUT2D eigenvalue weighted by molar-refractivity contribution is -0.192. The number of carboxylic acid groups (broad SMARTS) is 1. The Morgan fingerprint density at radius 1 is 1.25 bits per heavy atom. The van der Waals surface area contributed by atoms with Crippen molar-refractivity contribution in [3.05, 3.63) is 0 Å². The average Bonchev–Trinajstić information content (AvgIpc) is 1.55. The molecule has 0 aromatic rings. The molecule has 0 aromatic carbocycles. The molecule has 0 atom stereocenters. The fourth-order valence-electron chi connectivity index (χ4n) is 0. The molecule has 10 heteroatoms. The molecule has 1 N–H and O–H groups in total. The van der Waals surface area contributed by atoms with E-state index in [1.807, 2.05) is 0 Å². The third-order valence-corrected chi connectivity index (χ3v) is 0.243. The lowest BCUT2D eigenvalue weighted by Crippen LogP contribution is -2.21. The molecule has 0 saturated heterocycles. The minimum atomic E-state index is -5.08. The van der Waals surface area contributed by atoms with Crippen LogP contribution in [0.15, 0.2) is 0 Å². The number of aliphatic carboxylic acids is 1. The smallest absolute Gasteiger partial charge is 0.475 e. The van der Waals surface area contributed by atoms with Crippen molar-refractivity contribution in [1.29, 1.82) is 0 Å². The van der Waals surface area contributed by atoms with Gasteiger partial charge >= 0.3 is 17.3 Å². The Balaban J connectivity index is 0. The van der Waals surface area contributed by atoms with E-state index in [0.29, 0.717) is 0 Å². The lowest BCUT2D eigenvalue weighted by atomic mass is 10.7. The number of hydrogen-bond acceptors (Lipinski definition) is 2. The molecule has 0 aliphatic rings. The van der Waals surface area contributed by atoms with Crippen LogP contribution in [0.2, 0.25) is 0 Å². The summed E-state index contributed by atoms with van der Waals surface area (Å²) >= 11 is 13.8. The van der Waals surface area contributed by atoms with Gasteiger partial charge in [-0.2, -0.15) is 13.2 Å². The SMILES string of the molecule is O=C(O)C(F)(F)F.O=P(Cl)(Cl)Cl. The highest BCUT2D eigenvalue weighted by atomic mass is 36.0. The Morgan fingerprint density at radius 2 is 1.33 bits per heavy atom.